The molecular formula is C16H10Cl2F3N3O3S. The number of alkyl halides is 2. The number of esters is 1. The van der Waals surface area contributed by atoms with Crippen LogP contribution in [0, 0.1) is 5.82 Å². The van der Waals surface area contributed by atoms with Gasteiger partial charge in [0.05, 0.1) is 22.4 Å². The van der Waals surface area contributed by atoms with Crippen molar-refractivity contribution in [3.05, 3.63) is 33.0 Å². The van der Waals surface area contributed by atoms with Crippen LogP contribution in [0.4, 0.5) is 13.2 Å². The molecule has 12 heteroatoms. The standard InChI is InChI=1S/C16H10Cl2F3N3O3S/c1-24-15(27-16(20)21)11(18)13(23-24)10-7(19)5-6(17)12-14(10)28-8(22-12)3-4-9(25)26-2/h3-5,16H,1-2H3. The predicted octanol–water partition coefficient (Wildman–Crippen LogP) is 4.93. The molecule has 0 fully saturated rings. The third-order valence-electron chi connectivity index (χ3n) is 3.53. The molecule has 2 heterocycles. The number of rotatable bonds is 5. The molecule has 0 radical (unpaired) electrons. The molecule has 28 heavy (non-hydrogen) atoms. The van der Waals surface area contributed by atoms with E-state index in [4.69, 9.17) is 23.2 Å². The Balaban J connectivity index is 2.20. The number of thiazole rings is 1. The zero-order valence-electron chi connectivity index (χ0n) is 14.2. The highest BCUT2D eigenvalue weighted by Gasteiger charge is 2.26. The number of benzene rings is 1. The van der Waals surface area contributed by atoms with E-state index in [1.807, 2.05) is 0 Å². The van der Waals surface area contributed by atoms with Gasteiger partial charge in [-0.1, -0.05) is 23.2 Å². The topological polar surface area (TPSA) is 66.2 Å². The maximum absolute atomic E-state index is 14.7. The molecule has 6 nitrogen and oxygen atoms in total. The summed E-state index contributed by atoms with van der Waals surface area (Å²) in [5.74, 6) is -1.78. The van der Waals surface area contributed by atoms with Gasteiger partial charge in [0, 0.05) is 13.1 Å². The van der Waals surface area contributed by atoms with Crippen LogP contribution >= 0.6 is 34.5 Å². The molecule has 0 unspecified atom stereocenters. The predicted molar refractivity (Wildman–Crippen MR) is 99.5 cm³/mol. The lowest BCUT2D eigenvalue weighted by Crippen LogP contribution is -2.06. The Hall–Kier alpha value is -2.30. The summed E-state index contributed by atoms with van der Waals surface area (Å²) in [4.78, 5) is 15.5. The van der Waals surface area contributed by atoms with Crippen LogP contribution in [0.25, 0.3) is 27.6 Å². The summed E-state index contributed by atoms with van der Waals surface area (Å²) in [6, 6.07) is 1.02. The van der Waals surface area contributed by atoms with Gasteiger partial charge in [-0.3, -0.25) is 0 Å². The normalized spacial score (nSPS) is 11.7. The lowest BCUT2D eigenvalue weighted by atomic mass is 10.1. The molecule has 3 aromatic rings. The summed E-state index contributed by atoms with van der Waals surface area (Å²) >= 11 is 13.2. The van der Waals surface area contributed by atoms with E-state index < -0.39 is 24.3 Å². The van der Waals surface area contributed by atoms with Crippen LogP contribution in [0.1, 0.15) is 5.01 Å². The Bertz CT molecular complexity index is 1100. The molecule has 0 saturated heterocycles. The van der Waals surface area contributed by atoms with Crippen molar-refractivity contribution in [2.75, 3.05) is 7.11 Å². The second kappa shape index (κ2) is 7.98. The molecule has 2 aromatic heterocycles. The quantitative estimate of drug-likeness (QED) is 0.406. The van der Waals surface area contributed by atoms with Gasteiger partial charge in [0.25, 0.3) is 0 Å². The highest BCUT2D eigenvalue weighted by molar-refractivity contribution is 7.20. The van der Waals surface area contributed by atoms with Gasteiger partial charge in [0.15, 0.2) is 0 Å². The van der Waals surface area contributed by atoms with Gasteiger partial charge in [0.1, 0.15) is 27.1 Å². The number of carbonyl (C=O) groups excluding carboxylic acids is 1. The smallest absolute Gasteiger partial charge is 0.388 e. The van der Waals surface area contributed by atoms with Crippen molar-refractivity contribution in [3.63, 3.8) is 0 Å². The molecule has 0 amide bonds. The van der Waals surface area contributed by atoms with Gasteiger partial charge in [0.2, 0.25) is 5.88 Å². The molecule has 0 bridgehead atoms. The number of carbonyl (C=O) groups is 1. The fourth-order valence-corrected chi connectivity index (χ4v) is 4.00. The molecule has 0 saturated carbocycles. The van der Waals surface area contributed by atoms with E-state index >= 15 is 0 Å². The van der Waals surface area contributed by atoms with Crippen LogP contribution in [0.5, 0.6) is 5.88 Å². The molecule has 0 spiro atoms. The van der Waals surface area contributed by atoms with Crippen molar-refractivity contribution in [2.24, 2.45) is 7.05 Å². The van der Waals surface area contributed by atoms with Crippen molar-refractivity contribution < 1.29 is 27.4 Å². The first-order valence-corrected chi connectivity index (χ1v) is 9.02. The molecule has 148 valence electrons. The Morgan fingerprint density at radius 3 is 2.75 bits per heavy atom. The average molecular weight is 452 g/mol. The minimum absolute atomic E-state index is 0.0290. The summed E-state index contributed by atoms with van der Waals surface area (Å²) in [6.07, 6.45) is 2.52. The third-order valence-corrected chi connectivity index (χ3v) is 5.20. The van der Waals surface area contributed by atoms with Gasteiger partial charge >= 0.3 is 12.6 Å². The molecule has 0 atom stereocenters. The van der Waals surface area contributed by atoms with Crippen LogP contribution in [-0.2, 0) is 16.6 Å². The summed E-state index contributed by atoms with van der Waals surface area (Å²) in [5.41, 5.74) is 0.0658. The molecule has 0 aliphatic carbocycles. The first-order chi connectivity index (χ1) is 13.2. The lowest BCUT2D eigenvalue weighted by Gasteiger charge is -2.04. The number of halogens is 5. The maximum Gasteiger partial charge on any atom is 0.388 e. The highest BCUT2D eigenvalue weighted by Crippen LogP contribution is 2.43. The molecule has 0 aliphatic heterocycles. The fraction of sp³-hybridized carbons (Fsp3) is 0.188. The number of ether oxygens (including phenoxy) is 2. The summed E-state index contributed by atoms with van der Waals surface area (Å²) in [7, 11) is 2.55. The van der Waals surface area contributed by atoms with E-state index in [0.717, 1.165) is 28.2 Å². The fourth-order valence-electron chi connectivity index (χ4n) is 2.38. The van der Waals surface area contributed by atoms with Gasteiger partial charge in [-0.15, -0.1) is 11.3 Å². The Kier molecular flexibility index (Phi) is 5.82. The second-order valence-corrected chi connectivity index (χ2v) is 7.09. The van der Waals surface area contributed by atoms with Crippen LogP contribution in [0.2, 0.25) is 10.0 Å². The van der Waals surface area contributed by atoms with Gasteiger partial charge in [-0.05, 0) is 12.1 Å². The van der Waals surface area contributed by atoms with Crippen molar-refractivity contribution in [2.45, 2.75) is 6.61 Å². The maximum atomic E-state index is 14.7. The summed E-state index contributed by atoms with van der Waals surface area (Å²) in [6.45, 7) is -3.13. The van der Waals surface area contributed by atoms with Gasteiger partial charge < -0.3 is 9.47 Å². The van der Waals surface area contributed by atoms with Gasteiger partial charge in [-0.25, -0.2) is 18.9 Å². The third kappa shape index (κ3) is 3.80. The Morgan fingerprint density at radius 2 is 2.11 bits per heavy atom. The van der Waals surface area contributed by atoms with Crippen LogP contribution in [0.3, 0.4) is 0 Å². The molecule has 0 aliphatic rings. The Morgan fingerprint density at radius 1 is 1.39 bits per heavy atom. The Labute approximate surface area is 170 Å². The number of hydrogen-bond acceptors (Lipinski definition) is 6. The van der Waals surface area contributed by atoms with Crippen molar-refractivity contribution >= 4 is 56.8 Å². The van der Waals surface area contributed by atoms with Crippen molar-refractivity contribution in [3.8, 4) is 17.1 Å². The zero-order chi connectivity index (χ0) is 20.6. The number of hydrogen-bond donors (Lipinski definition) is 0. The van der Waals surface area contributed by atoms with Gasteiger partial charge in [-0.2, -0.15) is 13.9 Å². The van der Waals surface area contributed by atoms with E-state index in [1.54, 1.807) is 0 Å². The van der Waals surface area contributed by atoms with Crippen LogP contribution in [0.15, 0.2) is 12.1 Å². The van der Waals surface area contributed by atoms with E-state index in [-0.39, 0.29) is 31.5 Å². The van der Waals surface area contributed by atoms with Crippen molar-refractivity contribution in [1.29, 1.82) is 0 Å². The SMILES string of the molecule is COC(=O)C=Cc1nc2c(Cl)cc(F)c(-c3nn(C)c(OC(F)F)c3Cl)c2s1. The highest BCUT2D eigenvalue weighted by atomic mass is 35.5. The van der Waals surface area contributed by atoms with E-state index in [1.165, 1.54) is 20.2 Å². The summed E-state index contributed by atoms with van der Waals surface area (Å²) in [5, 5.41) is 4.08. The number of fused-ring (bicyclic) bond motifs is 1. The summed E-state index contributed by atoms with van der Waals surface area (Å²) < 4.78 is 50.0. The van der Waals surface area contributed by atoms with Crippen LogP contribution in [-0.4, -0.2) is 34.5 Å². The molecule has 3 rings (SSSR count). The molecule has 1 aromatic carbocycles. The monoisotopic (exact) mass is 451 g/mol. The van der Waals surface area contributed by atoms with E-state index in [2.05, 4.69) is 19.6 Å². The van der Waals surface area contributed by atoms with Crippen LogP contribution < -0.4 is 4.74 Å². The average Bonchev–Trinajstić information content (AvgIpc) is 3.17. The lowest BCUT2D eigenvalue weighted by molar-refractivity contribution is -0.134. The number of aromatic nitrogens is 3. The van der Waals surface area contributed by atoms with Crippen molar-refractivity contribution in [1.82, 2.24) is 14.8 Å². The minimum Gasteiger partial charge on any atom is -0.466 e. The van der Waals surface area contributed by atoms with E-state index in [9.17, 15) is 18.0 Å². The first kappa shape index (κ1) is 20.4. The number of methoxy groups -OCH3 is 1. The zero-order valence-corrected chi connectivity index (χ0v) is 16.5. The number of aryl methyl sites for hydroxylation is 1. The minimum atomic E-state index is -3.13. The largest absolute Gasteiger partial charge is 0.466 e. The number of nitrogens with zero attached hydrogens (tertiary/aromatic N) is 3. The first-order valence-electron chi connectivity index (χ1n) is 7.45. The van der Waals surface area contributed by atoms with E-state index in [0.29, 0.717) is 5.01 Å². The molecular weight excluding hydrogens is 442 g/mol. The second-order valence-electron chi connectivity index (χ2n) is 5.27. The molecule has 0 N–H and O–H groups in total.